The fraction of sp³-hybridized carbons (Fsp3) is 1.00. The number of hydrogen-bond donors (Lipinski definition) is 0. The van der Waals surface area contributed by atoms with Crippen LogP contribution in [0.2, 0.25) is 0 Å². The summed E-state index contributed by atoms with van der Waals surface area (Å²) in [5.74, 6) is 3.19. The van der Waals surface area contributed by atoms with E-state index in [4.69, 9.17) is 4.74 Å². The molecule has 11 heavy (non-hydrogen) atoms. The van der Waals surface area contributed by atoms with Crippen LogP contribution >= 0.6 is 11.8 Å². The minimum absolute atomic E-state index is 0.384. The standard InChI is InChI=1S/C9H20OS/c1-8(2)7-11-6-5-10-9(3)4/h8-9H,5-7H2,1-4H3. The molecule has 0 amide bonds. The number of ether oxygens (including phenoxy) is 1. The molecule has 0 atom stereocenters. The summed E-state index contributed by atoms with van der Waals surface area (Å²) in [6.45, 7) is 9.54. The van der Waals surface area contributed by atoms with Gasteiger partial charge in [-0.1, -0.05) is 13.8 Å². The molecule has 0 aromatic heterocycles. The molecule has 2 heteroatoms. The molecule has 0 unspecified atom stereocenters. The minimum atomic E-state index is 0.384. The third-order valence-electron chi connectivity index (χ3n) is 1.13. The second-order valence-corrected chi connectivity index (χ2v) is 4.54. The Hall–Kier alpha value is 0.310. The largest absolute Gasteiger partial charge is 0.378 e. The maximum atomic E-state index is 5.40. The van der Waals surface area contributed by atoms with Crippen LogP contribution in [0.1, 0.15) is 27.7 Å². The summed E-state index contributed by atoms with van der Waals surface area (Å²) in [7, 11) is 0. The molecule has 0 spiro atoms. The average molecular weight is 176 g/mol. The van der Waals surface area contributed by atoms with Crippen LogP contribution in [-0.2, 0) is 4.74 Å². The predicted molar refractivity (Wildman–Crippen MR) is 53.3 cm³/mol. The van der Waals surface area contributed by atoms with E-state index in [0.717, 1.165) is 18.3 Å². The van der Waals surface area contributed by atoms with E-state index in [1.807, 2.05) is 11.8 Å². The van der Waals surface area contributed by atoms with Gasteiger partial charge in [-0.3, -0.25) is 0 Å². The van der Waals surface area contributed by atoms with Gasteiger partial charge in [0.25, 0.3) is 0 Å². The topological polar surface area (TPSA) is 9.23 Å². The molecular formula is C9H20OS. The van der Waals surface area contributed by atoms with E-state index in [9.17, 15) is 0 Å². The lowest BCUT2D eigenvalue weighted by Crippen LogP contribution is -2.06. The molecule has 0 saturated carbocycles. The first kappa shape index (κ1) is 11.3. The Bertz CT molecular complexity index is 71.6. The van der Waals surface area contributed by atoms with Crippen molar-refractivity contribution in [1.29, 1.82) is 0 Å². The highest BCUT2D eigenvalue weighted by Gasteiger charge is 1.95. The molecule has 0 aromatic rings. The van der Waals surface area contributed by atoms with Gasteiger partial charge < -0.3 is 4.74 Å². The van der Waals surface area contributed by atoms with Gasteiger partial charge in [0.05, 0.1) is 12.7 Å². The average Bonchev–Trinajstić information content (AvgIpc) is 1.85. The maximum absolute atomic E-state index is 5.40. The molecule has 0 heterocycles. The normalized spacial score (nSPS) is 11.5. The van der Waals surface area contributed by atoms with Crippen LogP contribution in [0, 0.1) is 5.92 Å². The molecular weight excluding hydrogens is 156 g/mol. The number of rotatable bonds is 6. The van der Waals surface area contributed by atoms with Crippen molar-refractivity contribution in [3.05, 3.63) is 0 Å². The van der Waals surface area contributed by atoms with E-state index in [1.54, 1.807) is 0 Å². The molecule has 0 aliphatic rings. The summed E-state index contributed by atoms with van der Waals surface area (Å²) in [5, 5.41) is 0. The van der Waals surface area contributed by atoms with Crippen molar-refractivity contribution in [2.45, 2.75) is 33.8 Å². The molecule has 0 aliphatic heterocycles. The van der Waals surface area contributed by atoms with Gasteiger partial charge in [-0.05, 0) is 25.5 Å². The molecule has 0 rings (SSSR count). The van der Waals surface area contributed by atoms with Crippen LogP contribution < -0.4 is 0 Å². The van der Waals surface area contributed by atoms with E-state index in [2.05, 4.69) is 27.7 Å². The Balaban J connectivity index is 2.91. The zero-order valence-corrected chi connectivity index (χ0v) is 8.91. The van der Waals surface area contributed by atoms with E-state index < -0.39 is 0 Å². The number of hydrogen-bond acceptors (Lipinski definition) is 2. The van der Waals surface area contributed by atoms with E-state index in [0.29, 0.717) is 6.10 Å². The minimum Gasteiger partial charge on any atom is -0.378 e. The van der Waals surface area contributed by atoms with Gasteiger partial charge >= 0.3 is 0 Å². The summed E-state index contributed by atoms with van der Waals surface area (Å²) in [6.07, 6.45) is 0.384. The second-order valence-electron chi connectivity index (χ2n) is 3.39. The summed E-state index contributed by atoms with van der Waals surface area (Å²) < 4.78 is 5.40. The van der Waals surface area contributed by atoms with Gasteiger partial charge in [-0.2, -0.15) is 11.8 Å². The molecule has 0 aliphatic carbocycles. The summed E-state index contributed by atoms with van der Waals surface area (Å²) >= 11 is 1.98. The van der Waals surface area contributed by atoms with Crippen molar-refractivity contribution < 1.29 is 4.74 Å². The lowest BCUT2D eigenvalue weighted by Gasteiger charge is -2.07. The van der Waals surface area contributed by atoms with Crippen LogP contribution in [0.15, 0.2) is 0 Å². The van der Waals surface area contributed by atoms with Gasteiger partial charge in [0, 0.05) is 5.75 Å². The summed E-state index contributed by atoms with van der Waals surface area (Å²) in [5.41, 5.74) is 0. The molecule has 0 fully saturated rings. The van der Waals surface area contributed by atoms with Gasteiger partial charge in [-0.25, -0.2) is 0 Å². The van der Waals surface area contributed by atoms with E-state index in [1.165, 1.54) is 5.75 Å². The van der Waals surface area contributed by atoms with Crippen LogP contribution in [0.25, 0.3) is 0 Å². The lowest BCUT2D eigenvalue weighted by molar-refractivity contribution is 0.0920. The lowest BCUT2D eigenvalue weighted by atomic mass is 10.3. The smallest absolute Gasteiger partial charge is 0.0560 e. The Kier molecular flexibility index (Phi) is 7.18. The SMILES string of the molecule is CC(C)CSCCOC(C)C. The molecule has 1 nitrogen and oxygen atoms in total. The molecule has 0 saturated heterocycles. The second kappa shape index (κ2) is 6.99. The highest BCUT2D eigenvalue weighted by Crippen LogP contribution is 2.06. The van der Waals surface area contributed by atoms with Gasteiger partial charge in [0.2, 0.25) is 0 Å². The van der Waals surface area contributed by atoms with Crippen LogP contribution in [-0.4, -0.2) is 24.2 Å². The fourth-order valence-electron chi connectivity index (χ4n) is 0.662. The van der Waals surface area contributed by atoms with Crippen LogP contribution in [0.5, 0.6) is 0 Å². The van der Waals surface area contributed by atoms with Crippen molar-refractivity contribution >= 4 is 11.8 Å². The summed E-state index contributed by atoms with van der Waals surface area (Å²) in [6, 6.07) is 0. The maximum Gasteiger partial charge on any atom is 0.0560 e. The van der Waals surface area contributed by atoms with Crippen LogP contribution in [0.3, 0.4) is 0 Å². The van der Waals surface area contributed by atoms with E-state index >= 15 is 0 Å². The first-order valence-electron chi connectivity index (χ1n) is 4.32. The highest BCUT2D eigenvalue weighted by atomic mass is 32.2. The predicted octanol–water partition coefficient (Wildman–Crippen LogP) is 2.80. The summed E-state index contributed by atoms with van der Waals surface area (Å²) in [4.78, 5) is 0. The third kappa shape index (κ3) is 10.3. The van der Waals surface area contributed by atoms with Crippen molar-refractivity contribution in [1.82, 2.24) is 0 Å². The molecule has 0 aromatic carbocycles. The Morgan fingerprint density at radius 2 is 1.82 bits per heavy atom. The molecule has 0 radical (unpaired) electrons. The van der Waals surface area contributed by atoms with Gasteiger partial charge in [-0.15, -0.1) is 0 Å². The van der Waals surface area contributed by atoms with E-state index in [-0.39, 0.29) is 0 Å². The van der Waals surface area contributed by atoms with Crippen molar-refractivity contribution in [3.8, 4) is 0 Å². The molecule has 68 valence electrons. The van der Waals surface area contributed by atoms with Crippen molar-refractivity contribution in [2.24, 2.45) is 5.92 Å². The van der Waals surface area contributed by atoms with Crippen molar-refractivity contribution in [2.75, 3.05) is 18.1 Å². The Labute approximate surface area is 74.9 Å². The quantitative estimate of drug-likeness (QED) is 0.576. The van der Waals surface area contributed by atoms with Gasteiger partial charge in [0.15, 0.2) is 0 Å². The third-order valence-corrected chi connectivity index (χ3v) is 2.49. The molecule has 0 bridgehead atoms. The van der Waals surface area contributed by atoms with Crippen molar-refractivity contribution in [3.63, 3.8) is 0 Å². The zero-order valence-electron chi connectivity index (χ0n) is 8.09. The Morgan fingerprint density at radius 1 is 1.18 bits per heavy atom. The first-order valence-corrected chi connectivity index (χ1v) is 5.47. The molecule has 0 N–H and O–H groups in total. The van der Waals surface area contributed by atoms with Crippen LogP contribution in [0.4, 0.5) is 0 Å². The highest BCUT2D eigenvalue weighted by molar-refractivity contribution is 7.99. The zero-order chi connectivity index (χ0) is 8.69. The van der Waals surface area contributed by atoms with Gasteiger partial charge in [0.1, 0.15) is 0 Å². The fourth-order valence-corrected chi connectivity index (χ4v) is 1.51. The monoisotopic (exact) mass is 176 g/mol. The number of thioether (sulfide) groups is 1. The first-order chi connectivity index (χ1) is 5.13. The Morgan fingerprint density at radius 3 is 2.27 bits per heavy atom.